The average molecular weight is 322 g/mol. The van der Waals surface area contributed by atoms with E-state index in [0.717, 1.165) is 0 Å². The summed E-state index contributed by atoms with van der Waals surface area (Å²) in [6, 6.07) is 6.38. The molecular formula is C18H26O5. The van der Waals surface area contributed by atoms with Crippen LogP contribution in [0.3, 0.4) is 0 Å². The molecule has 0 heterocycles. The van der Waals surface area contributed by atoms with Crippen molar-refractivity contribution in [3.63, 3.8) is 0 Å². The van der Waals surface area contributed by atoms with E-state index in [-0.39, 0.29) is 11.1 Å². The van der Waals surface area contributed by atoms with E-state index < -0.39 is 23.1 Å². The molecule has 0 fully saturated rings. The van der Waals surface area contributed by atoms with Crippen molar-refractivity contribution in [3.8, 4) is 0 Å². The van der Waals surface area contributed by atoms with Crippen LogP contribution in [0.5, 0.6) is 0 Å². The lowest BCUT2D eigenvalue weighted by molar-refractivity contribution is -0.307. The second kappa shape index (κ2) is 7.59. The maximum absolute atomic E-state index is 12.3. The minimum Gasteiger partial charge on any atom is -0.456 e. The molecule has 1 aromatic carbocycles. The Hall–Kier alpha value is -1.88. The first-order valence-corrected chi connectivity index (χ1v) is 7.84. The predicted octanol–water partition coefficient (Wildman–Crippen LogP) is 4.31. The fourth-order valence-electron chi connectivity index (χ4n) is 1.47. The first-order valence-electron chi connectivity index (χ1n) is 7.84. The molecule has 0 bridgehead atoms. The highest BCUT2D eigenvalue weighted by atomic mass is 17.2. The zero-order valence-corrected chi connectivity index (χ0v) is 14.8. The van der Waals surface area contributed by atoms with Crippen LogP contribution in [-0.2, 0) is 14.5 Å². The lowest BCUT2D eigenvalue weighted by Gasteiger charge is -2.24. The summed E-state index contributed by atoms with van der Waals surface area (Å²) >= 11 is 0. The Kier molecular flexibility index (Phi) is 6.33. The summed E-state index contributed by atoms with van der Waals surface area (Å²) in [5.74, 6) is -1.27. The maximum Gasteiger partial charge on any atom is 0.373 e. The third kappa shape index (κ3) is 5.67. The van der Waals surface area contributed by atoms with Crippen LogP contribution in [0.25, 0.3) is 0 Å². The topological polar surface area (TPSA) is 61.8 Å². The minimum absolute atomic E-state index is 0.122. The molecule has 0 atom stereocenters. The number of esters is 1. The molecule has 1 aromatic rings. The lowest BCUT2D eigenvalue weighted by atomic mass is 10.1. The lowest BCUT2D eigenvalue weighted by Crippen LogP contribution is -2.29. The van der Waals surface area contributed by atoms with Crippen molar-refractivity contribution in [1.29, 1.82) is 0 Å². The second-order valence-electron chi connectivity index (χ2n) is 6.62. The molecule has 0 saturated heterocycles. The highest BCUT2D eigenvalue weighted by Gasteiger charge is 2.27. The molecule has 0 saturated carbocycles. The van der Waals surface area contributed by atoms with E-state index >= 15 is 0 Å². The number of hydrogen-bond acceptors (Lipinski definition) is 5. The van der Waals surface area contributed by atoms with Crippen molar-refractivity contribution in [1.82, 2.24) is 0 Å². The molecule has 0 radical (unpaired) electrons. The van der Waals surface area contributed by atoms with E-state index in [1.807, 2.05) is 41.5 Å². The average Bonchev–Trinajstić information content (AvgIpc) is 2.52. The maximum atomic E-state index is 12.3. The van der Waals surface area contributed by atoms with E-state index in [0.29, 0.717) is 12.8 Å². The third-order valence-electron chi connectivity index (χ3n) is 3.78. The van der Waals surface area contributed by atoms with Gasteiger partial charge in [0, 0.05) is 0 Å². The van der Waals surface area contributed by atoms with Gasteiger partial charge in [-0.1, -0.05) is 26.0 Å². The van der Waals surface area contributed by atoms with Crippen molar-refractivity contribution in [3.05, 3.63) is 35.4 Å². The summed E-state index contributed by atoms with van der Waals surface area (Å²) in [6.45, 7) is 11.1. The van der Waals surface area contributed by atoms with Crippen LogP contribution in [0, 0.1) is 0 Å². The Labute approximate surface area is 137 Å². The monoisotopic (exact) mass is 322 g/mol. The van der Waals surface area contributed by atoms with Crippen LogP contribution in [0.2, 0.25) is 0 Å². The van der Waals surface area contributed by atoms with Gasteiger partial charge in [-0.25, -0.2) is 9.59 Å². The van der Waals surface area contributed by atoms with E-state index in [2.05, 4.69) is 0 Å². The van der Waals surface area contributed by atoms with Crippen LogP contribution >= 0.6 is 0 Å². The van der Waals surface area contributed by atoms with Crippen molar-refractivity contribution in [2.45, 2.75) is 65.6 Å². The molecule has 0 amide bonds. The van der Waals surface area contributed by atoms with Crippen molar-refractivity contribution in [2.75, 3.05) is 0 Å². The van der Waals surface area contributed by atoms with Gasteiger partial charge in [-0.05, 0) is 52.7 Å². The third-order valence-corrected chi connectivity index (χ3v) is 3.78. The standard InChI is InChI=1S/C18H26O5/c1-7-17(3,4)21-15(19)13-11-9-10-12-14(13)16(20)22-23-18(5,6)8-2/h9-12H,7-8H2,1-6H3. The SMILES string of the molecule is CCC(C)(C)OOC(=O)c1ccccc1C(=O)OC(C)(C)CC. The fraction of sp³-hybridized carbons (Fsp3) is 0.556. The quantitative estimate of drug-likeness (QED) is 0.425. The van der Waals surface area contributed by atoms with Gasteiger partial charge in [0.2, 0.25) is 0 Å². The summed E-state index contributed by atoms with van der Waals surface area (Å²) in [6.07, 6.45) is 1.34. The Morgan fingerprint density at radius 2 is 1.35 bits per heavy atom. The zero-order chi connectivity index (χ0) is 17.7. The molecule has 5 heteroatoms. The van der Waals surface area contributed by atoms with E-state index in [1.54, 1.807) is 12.1 Å². The second-order valence-corrected chi connectivity index (χ2v) is 6.62. The molecule has 0 aliphatic rings. The van der Waals surface area contributed by atoms with Crippen molar-refractivity contribution in [2.24, 2.45) is 0 Å². The van der Waals surface area contributed by atoms with Gasteiger partial charge in [-0.3, -0.25) is 4.89 Å². The highest BCUT2D eigenvalue weighted by Crippen LogP contribution is 2.20. The zero-order valence-electron chi connectivity index (χ0n) is 14.8. The molecule has 0 N–H and O–H groups in total. The molecule has 128 valence electrons. The van der Waals surface area contributed by atoms with Gasteiger partial charge in [0.05, 0.1) is 11.1 Å². The van der Waals surface area contributed by atoms with Gasteiger partial charge in [-0.15, -0.1) is 0 Å². The van der Waals surface area contributed by atoms with Crippen LogP contribution in [0.15, 0.2) is 24.3 Å². The molecule has 0 unspecified atom stereocenters. The Morgan fingerprint density at radius 3 is 1.83 bits per heavy atom. The molecule has 0 aromatic heterocycles. The Balaban J connectivity index is 2.93. The molecule has 0 aliphatic heterocycles. The van der Waals surface area contributed by atoms with Crippen LogP contribution in [0.1, 0.15) is 75.1 Å². The van der Waals surface area contributed by atoms with Crippen molar-refractivity contribution >= 4 is 11.9 Å². The van der Waals surface area contributed by atoms with E-state index in [4.69, 9.17) is 14.5 Å². The molecule has 1 rings (SSSR count). The number of hydrogen-bond donors (Lipinski definition) is 0. The van der Waals surface area contributed by atoms with Gasteiger partial charge >= 0.3 is 11.9 Å². The van der Waals surface area contributed by atoms with E-state index in [9.17, 15) is 9.59 Å². The van der Waals surface area contributed by atoms with E-state index in [1.165, 1.54) is 12.1 Å². The van der Waals surface area contributed by atoms with Gasteiger partial charge in [0.15, 0.2) is 0 Å². The van der Waals surface area contributed by atoms with Crippen LogP contribution in [-0.4, -0.2) is 23.1 Å². The summed E-state index contributed by atoms with van der Waals surface area (Å²) < 4.78 is 5.44. The van der Waals surface area contributed by atoms with Gasteiger partial charge in [0.1, 0.15) is 11.2 Å². The summed E-state index contributed by atoms with van der Waals surface area (Å²) in [5, 5.41) is 0. The molecular weight excluding hydrogens is 296 g/mol. The van der Waals surface area contributed by atoms with Gasteiger partial charge in [0.25, 0.3) is 0 Å². The smallest absolute Gasteiger partial charge is 0.373 e. The first kappa shape index (κ1) is 19.2. The normalized spacial score (nSPS) is 11.9. The Bertz CT molecular complexity index is 560. The predicted molar refractivity (Wildman–Crippen MR) is 87.1 cm³/mol. The highest BCUT2D eigenvalue weighted by molar-refractivity contribution is 6.03. The number of ether oxygens (including phenoxy) is 1. The van der Waals surface area contributed by atoms with Crippen molar-refractivity contribution < 1.29 is 24.1 Å². The largest absolute Gasteiger partial charge is 0.456 e. The Morgan fingerprint density at radius 1 is 0.870 bits per heavy atom. The van der Waals surface area contributed by atoms with Gasteiger partial charge < -0.3 is 4.74 Å². The molecule has 0 aliphatic carbocycles. The number of carbonyl (C=O) groups is 2. The molecule has 0 spiro atoms. The van der Waals surface area contributed by atoms with Crippen LogP contribution < -0.4 is 0 Å². The first-order chi connectivity index (χ1) is 10.6. The number of benzene rings is 1. The minimum atomic E-state index is -0.714. The summed E-state index contributed by atoms with van der Waals surface area (Å²) in [7, 11) is 0. The number of carbonyl (C=O) groups excluding carboxylic acids is 2. The summed E-state index contributed by atoms with van der Waals surface area (Å²) in [4.78, 5) is 34.6. The van der Waals surface area contributed by atoms with Gasteiger partial charge in [-0.2, -0.15) is 4.89 Å². The molecule has 23 heavy (non-hydrogen) atoms. The fourth-order valence-corrected chi connectivity index (χ4v) is 1.47. The van der Waals surface area contributed by atoms with Crippen LogP contribution in [0.4, 0.5) is 0 Å². The molecule has 5 nitrogen and oxygen atoms in total. The number of rotatable bonds is 7. The summed E-state index contributed by atoms with van der Waals surface area (Å²) in [5.41, 5.74) is -0.905.